The number of hydrogen-bond donors (Lipinski definition) is 2. The Morgan fingerprint density at radius 3 is 2.48 bits per heavy atom. The molecule has 3 rings (SSSR count). The van der Waals surface area contributed by atoms with Crippen molar-refractivity contribution in [1.29, 1.82) is 0 Å². The minimum absolute atomic E-state index is 0.349. The normalized spacial score (nSPS) is 11.3. The van der Waals surface area contributed by atoms with E-state index in [1.807, 2.05) is 24.3 Å². The fourth-order valence-electron chi connectivity index (χ4n) is 2.22. The number of aryl methyl sites for hydroxylation is 1. The summed E-state index contributed by atoms with van der Waals surface area (Å²) < 4.78 is 3.50. The maximum atomic E-state index is 5.57. The third-order valence-corrected chi connectivity index (χ3v) is 4.62. The molecule has 0 aliphatic rings. The van der Waals surface area contributed by atoms with Crippen LogP contribution in [0.2, 0.25) is 0 Å². The van der Waals surface area contributed by atoms with E-state index in [1.165, 1.54) is 15.2 Å². The lowest BCUT2D eigenvalue weighted by atomic mass is 10.1. The number of nitrogens with two attached hydrogens (primary N) is 2. The molecule has 0 aliphatic carbocycles. The van der Waals surface area contributed by atoms with E-state index in [0.29, 0.717) is 5.84 Å². The molecule has 0 aliphatic heterocycles. The second-order valence-corrected chi connectivity index (χ2v) is 5.94. The lowest BCUT2D eigenvalue weighted by Crippen LogP contribution is -2.46. The molecule has 3 aromatic rings. The lowest BCUT2D eigenvalue weighted by molar-refractivity contribution is -0.642. The molecule has 0 atom stereocenters. The quantitative estimate of drug-likeness (QED) is 0.428. The zero-order valence-electron chi connectivity index (χ0n) is 11.8. The number of hydrogen-bond acceptors (Lipinski definition) is 1. The van der Waals surface area contributed by atoms with Crippen molar-refractivity contribution in [1.82, 2.24) is 0 Å². The second-order valence-electron chi connectivity index (χ2n) is 4.88. The van der Waals surface area contributed by atoms with Crippen LogP contribution in [0.1, 0.15) is 16.1 Å². The van der Waals surface area contributed by atoms with Gasteiger partial charge in [-0.3, -0.25) is 11.1 Å². The molecular formula is C17H17N3S+2. The zero-order chi connectivity index (χ0) is 14.8. The van der Waals surface area contributed by atoms with Gasteiger partial charge in [-0.15, -0.1) is 0 Å². The van der Waals surface area contributed by atoms with E-state index >= 15 is 0 Å². The third kappa shape index (κ3) is 2.71. The average molecular weight is 295 g/mol. The van der Waals surface area contributed by atoms with Crippen molar-refractivity contribution >= 4 is 39.5 Å². The number of rotatable bonds is 3. The highest BCUT2D eigenvalue weighted by atomic mass is 32.1. The Hall–Kier alpha value is -2.46. The highest BCUT2D eigenvalue weighted by Crippen LogP contribution is 2.21. The van der Waals surface area contributed by atoms with Gasteiger partial charge in [-0.2, -0.15) is 4.57 Å². The summed E-state index contributed by atoms with van der Waals surface area (Å²) in [6, 6.07) is 16.3. The highest BCUT2D eigenvalue weighted by molar-refractivity contribution is 7.18. The van der Waals surface area contributed by atoms with E-state index in [0.717, 1.165) is 11.1 Å². The molecule has 0 bridgehead atoms. The standard InChI is InChI=1S/C17H16N3S/c1-20-14-4-2-3-5-15(14)21-16(20)11-8-12-6-9-13(10-7-12)17(18)19/h2-11H,1H3,(H3,18,19)/q+1/p+1. The van der Waals surface area contributed by atoms with Gasteiger partial charge in [0.1, 0.15) is 11.7 Å². The topological polar surface area (TPSA) is 55.5 Å². The van der Waals surface area contributed by atoms with E-state index < -0.39 is 0 Å². The molecule has 4 heteroatoms. The predicted octanol–water partition coefficient (Wildman–Crippen LogP) is 1.36. The van der Waals surface area contributed by atoms with Gasteiger partial charge in [-0.25, -0.2) is 0 Å². The molecule has 1 aromatic heterocycles. The van der Waals surface area contributed by atoms with E-state index in [4.69, 9.17) is 11.1 Å². The Bertz CT molecular complexity index is 829. The van der Waals surface area contributed by atoms with Crippen LogP contribution in [0.15, 0.2) is 48.5 Å². The number of nitrogens with zero attached hydrogens (tertiary/aromatic N) is 1. The summed E-state index contributed by atoms with van der Waals surface area (Å²) >= 11 is 1.78. The molecule has 21 heavy (non-hydrogen) atoms. The van der Waals surface area contributed by atoms with Crippen LogP contribution in [-0.4, -0.2) is 5.84 Å². The number of benzene rings is 2. The van der Waals surface area contributed by atoms with Crippen LogP contribution in [0, 0.1) is 0 Å². The minimum Gasteiger partial charge on any atom is -0.287 e. The molecule has 104 valence electrons. The van der Waals surface area contributed by atoms with Crippen LogP contribution in [-0.2, 0) is 7.05 Å². The van der Waals surface area contributed by atoms with Crippen molar-refractivity contribution in [2.75, 3.05) is 0 Å². The van der Waals surface area contributed by atoms with Gasteiger partial charge in [0.05, 0.1) is 5.56 Å². The van der Waals surface area contributed by atoms with Gasteiger partial charge in [-0.1, -0.05) is 35.6 Å². The Morgan fingerprint density at radius 2 is 1.81 bits per heavy atom. The lowest BCUT2D eigenvalue weighted by Gasteiger charge is -1.95. The Labute approximate surface area is 127 Å². The summed E-state index contributed by atoms with van der Waals surface area (Å²) in [6.07, 6.45) is 4.23. The monoisotopic (exact) mass is 295 g/mol. The summed E-state index contributed by atoms with van der Waals surface area (Å²) in [5.74, 6) is 0.349. The van der Waals surface area contributed by atoms with E-state index in [1.54, 1.807) is 11.3 Å². The maximum Gasteiger partial charge on any atom is 0.270 e. The fourth-order valence-corrected chi connectivity index (χ4v) is 3.27. The molecule has 0 radical (unpaired) electrons. The fraction of sp³-hybridized carbons (Fsp3) is 0.0588. The van der Waals surface area contributed by atoms with Crippen molar-refractivity contribution < 1.29 is 9.98 Å². The maximum absolute atomic E-state index is 5.57. The summed E-state index contributed by atoms with van der Waals surface area (Å²) in [4.78, 5) is 0. The van der Waals surface area contributed by atoms with Gasteiger partial charge < -0.3 is 0 Å². The highest BCUT2D eigenvalue weighted by Gasteiger charge is 2.13. The molecule has 0 saturated heterocycles. The Balaban J connectivity index is 1.90. The molecule has 0 unspecified atom stereocenters. The number of thiazole rings is 1. The number of para-hydroxylation sites is 1. The zero-order valence-corrected chi connectivity index (χ0v) is 12.6. The summed E-state index contributed by atoms with van der Waals surface area (Å²) in [7, 11) is 2.09. The molecule has 3 nitrogen and oxygen atoms in total. The molecule has 0 fully saturated rings. The van der Waals surface area contributed by atoms with Crippen LogP contribution in [0.4, 0.5) is 0 Å². The van der Waals surface area contributed by atoms with Crippen LogP contribution in [0.3, 0.4) is 0 Å². The van der Waals surface area contributed by atoms with Crippen molar-refractivity contribution in [3.8, 4) is 0 Å². The van der Waals surface area contributed by atoms with E-state index in [2.05, 4.69) is 48.0 Å². The van der Waals surface area contributed by atoms with Crippen molar-refractivity contribution in [3.63, 3.8) is 0 Å². The van der Waals surface area contributed by atoms with Gasteiger partial charge in [0.15, 0.2) is 0 Å². The predicted molar refractivity (Wildman–Crippen MR) is 88.6 cm³/mol. The number of fused-ring (bicyclic) bond motifs is 1. The van der Waals surface area contributed by atoms with Gasteiger partial charge in [0, 0.05) is 12.1 Å². The smallest absolute Gasteiger partial charge is 0.270 e. The molecule has 1 heterocycles. The van der Waals surface area contributed by atoms with Gasteiger partial charge >= 0.3 is 0 Å². The van der Waals surface area contributed by atoms with Crippen LogP contribution in [0.25, 0.3) is 22.4 Å². The number of aromatic nitrogens is 1. The van der Waals surface area contributed by atoms with Gasteiger partial charge in [0.25, 0.3) is 10.8 Å². The number of amidine groups is 1. The van der Waals surface area contributed by atoms with Crippen molar-refractivity contribution in [2.45, 2.75) is 0 Å². The Kier molecular flexibility index (Phi) is 3.54. The van der Waals surface area contributed by atoms with Crippen LogP contribution in [0.5, 0.6) is 0 Å². The molecule has 0 spiro atoms. The molecule has 4 N–H and O–H groups in total. The molecule has 0 amide bonds. The first-order valence-electron chi connectivity index (χ1n) is 6.69. The van der Waals surface area contributed by atoms with E-state index in [-0.39, 0.29) is 0 Å². The first-order chi connectivity index (χ1) is 10.1. The van der Waals surface area contributed by atoms with Crippen molar-refractivity contribution in [3.05, 3.63) is 64.7 Å². The van der Waals surface area contributed by atoms with Crippen LogP contribution >= 0.6 is 11.3 Å². The van der Waals surface area contributed by atoms with Crippen molar-refractivity contribution in [2.24, 2.45) is 12.8 Å². The second kappa shape index (κ2) is 5.50. The molecule has 2 aromatic carbocycles. The summed E-state index contributed by atoms with van der Waals surface area (Å²) in [5, 5.41) is 6.78. The molecule has 0 saturated carbocycles. The first kappa shape index (κ1) is 13.5. The van der Waals surface area contributed by atoms with Gasteiger partial charge in [0.2, 0.25) is 5.52 Å². The van der Waals surface area contributed by atoms with E-state index in [9.17, 15) is 0 Å². The third-order valence-electron chi connectivity index (χ3n) is 3.43. The molecular weight excluding hydrogens is 278 g/mol. The van der Waals surface area contributed by atoms with Gasteiger partial charge in [-0.05, 0) is 29.8 Å². The largest absolute Gasteiger partial charge is 0.287 e. The summed E-state index contributed by atoms with van der Waals surface area (Å²) in [5.41, 5.74) is 8.80. The van der Waals surface area contributed by atoms with Crippen LogP contribution < -0.4 is 15.7 Å². The minimum atomic E-state index is 0.349. The first-order valence-corrected chi connectivity index (χ1v) is 7.51. The average Bonchev–Trinajstić information content (AvgIpc) is 2.82. The SMILES string of the molecule is C[n+]1c(C=Cc2ccc(C(N)=[NH2+])cc2)sc2ccccc21. The Morgan fingerprint density at radius 1 is 1.10 bits per heavy atom. The summed E-state index contributed by atoms with van der Waals surface area (Å²) in [6.45, 7) is 0.